The number of halogens is 5. The molecule has 3 aromatic carbocycles. The lowest BCUT2D eigenvalue weighted by molar-refractivity contribution is -0.137. The van der Waals surface area contributed by atoms with Crippen molar-refractivity contribution in [2.45, 2.75) is 32.0 Å². The third kappa shape index (κ3) is 5.09. The smallest absolute Gasteiger partial charge is 0.340 e. The Bertz CT molecular complexity index is 1560. The van der Waals surface area contributed by atoms with Crippen molar-refractivity contribution < 1.29 is 17.6 Å². The summed E-state index contributed by atoms with van der Waals surface area (Å²) in [6, 6.07) is 18.8. The number of aromatic nitrogens is 3. The second-order valence-corrected chi connectivity index (χ2v) is 9.76. The maximum absolute atomic E-state index is 14.8. The molecule has 2 heterocycles. The molecule has 0 amide bonds. The number of hydrogen-bond acceptors (Lipinski definition) is 3. The number of pyridine rings is 1. The lowest BCUT2D eigenvalue weighted by Crippen LogP contribution is -2.40. The van der Waals surface area contributed by atoms with E-state index in [2.05, 4.69) is 20.3 Å². The summed E-state index contributed by atoms with van der Waals surface area (Å²) in [6.07, 6.45) is -3.21. The summed E-state index contributed by atoms with van der Waals surface area (Å²) in [6.45, 7) is 3.95. The van der Waals surface area contributed by atoms with Gasteiger partial charge in [0.05, 0.1) is 27.3 Å². The van der Waals surface area contributed by atoms with E-state index in [1.54, 1.807) is 12.1 Å². The van der Waals surface area contributed by atoms with Crippen molar-refractivity contribution in [2.24, 2.45) is 0 Å². The van der Waals surface area contributed by atoms with Crippen LogP contribution < -0.4 is 5.32 Å². The fraction of sp³-hybridized carbons (Fsp3) is 0.172. The van der Waals surface area contributed by atoms with E-state index in [1.807, 2.05) is 56.3 Å². The van der Waals surface area contributed by atoms with Gasteiger partial charge < -0.3 is 10.3 Å². The van der Waals surface area contributed by atoms with E-state index < -0.39 is 23.1 Å². The molecule has 0 aliphatic rings. The summed E-state index contributed by atoms with van der Waals surface area (Å²) in [7, 11) is 0. The van der Waals surface area contributed by atoms with Crippen LogP contribution in [0, 0.1) is 19.7 Å². The molecular weight excluding hydrogens is 516 g/mol. The van der Waals surface area contributed by atoms with Crippen molar-refractivity contribution >= 4 is 28.6 Å². The number of nitrogens with one attached hydrogen (secondary N) is 2. The molecule has 1 atom stereocenters. The quantitative estimate of drug-likeness (QED) is 0.215. The van der Waals surface area contributed by atoms with E-state index >= 15 is 0 Å². The number of rotatable bonds is 6. The van der Waals surface area contributed by atoms with Gasteiger partial charge >= 0.3 is 6.18 Å². The molecule has 0 saturated carbocycles. The highest BCUT2D eigenvalue weighted by Gasteiger charge is 2.40. The molecule has 38 heavy (non-hydrogen) atoms. The molecule has 0 radical (unpaired) electrons. The predicted octanol–water partition coefficient (Wildman–Crippen LogP) is 7.98. The number of alkyl halides is 3. The summed E-state index contributed by atoms with van der Waals surface area (Å²) >= 11 is 6.11. The Hall–Kier alpha value is -3.91. The van der Waals surface area contributed by atoms with Crippen molar-refractivity contribution in [3.8, 4) is 0 Å². The van der Waals surface area contributed by atoms with Crippen LogP contribution in [0.15, 0.2) is 79.0 Å². The summed E-state index contributed by atoms with van der Waals surface area (Å²) < 4.78 is 56.3. The van der Waals surface area contributed by atoms with Crippen molar-refractivity contribution in [3.05, 3.63) is 123 Å². The molecule has 0 aliphatic heterocycles. The molecule has 2 N–H and O–H groups in total. The molecule has 2 aromatic heterocycles. The van der Waals surface area contributed by atoms with Crippen molar-refractivity contribution in [1.29, 1.82) is 0 Å². The summed E-state index contributed by atoms with van der Waals surface area (Å²) in [4.78, 5) is 12.4. The fourth-order valence-electron chi connectivity index (χ4n) is 4.58. The van der Waals surface area contributed by atoms with Crippen LogP contribution in [0.2, 0.25) is 5.02 Å². The predicted molar refractivity (Wildman–Crippen MR) is 141 cm³/mol. The van der Waals surface area contributed by atoms with Gasteiger partial charge in [0.2, 0.25) is 5.95 Å². The summed E-state index contributed by atoms with van der Waals surface area (Å²) in [5.74, 6) is -0.714. The van der Waals surface area contributed by atoms with Gasteiger partial charge in [-0.2, -0.15) is 13.2 Å². The van der Waals surface area contributed by atoms with Crippen LogP contribution in [-0.4, -0.2) is 15.0 Å². The molecule has 194 valence electrons. The number of aromatic amines is 1. The van der Waals surface area contributed by atoms with Crippen molar-refractivity contribution in [3.63, 3.8) is 0 Å². The van der Waals surface area contributed by atoms with E-state index in [0.717, 1.165) is 34.3 Å². The van der Waals surface area contributed by atoms with E-state index in [0.29, 0.717) is 28.2 Å². The van der Waals surface area contributed by atoms with Gasteiger partial charge in [0, 0.05) is 12.6 Å². The summed E-state index contributed by atoms with van der Waals surface area (Å²) in [5, 5.41) is 3.67. The monoisotopic (exact) mass is 538 g/mol. The molecule has 4 nitrogen and oxygen atoms in total. The zero-order chi connectivity index (χ0) is 27.1. The first kappa shape index (κ1) is 25.7. The largest absolute Gasteiger partial charge is 0.416 e. The van der Waals surface area contributed by atoms with E-state index in [9.17, 15) is 17.6 Å². The minimum absolute atomic E-state index is 0.0383. The molecule has 5 aromatic rings. The maximum atomic E-state index is 14.8. The number of aryl methyl sites for hydroxylation is 2. The van der Waals surface area contributed by atoms with Gasteiger partial charge in [-0.25, -0.2) is 9.37 Å². The molecule has 0 aliphatic carbocycles. The molecule has 0 spiro atoms. The van der Waals surface area contributed by atoms with Crippen LogP contribution in [0.5, 0.6) is 0 Å². The molecule has 0 bridgehead atoms. The first-order chi connectivity index (χ1) is 18.0. The number of imidazole rings is 1. The van der Waals surface area contributed by atoms with Crippen molar-refractivity contribution in [1.82, 2.24) is 15.0 Å². The van der Waals surface area contributed by atoms with Gasteiger partial charge in [-0.1, -0.05) is 41.9 Å². The van der Waals surface area contributed by atoms with Crippen LogP contribution in [0.4, 0.5) is 23.5 Å². The lowest BCUT2D eigenvalue weighted by atomic mass is 9.80. The highest BCUT2D eigenvalue weighted by Crippen LogP contribution is 2.40. The molecule has 1 unspecified atom stereocenters. The zero-order valence-corrected chi connectivity index (χ0v) is 21.3. The number of hydrogen-bond donors (Lipinski definition) is 2. The maximum Gasteiger partial charge on any atom is 0.416 e. The van der Waals surface area contributed by atoms with Gasteiger partial charge in [-0.3, -0.25) is 4.98 Å². The first-order valence-electron chi connectivity index (χ1n) is 11.8. The van der Waals surface area contributed by atoms with Gasteiger partial charge in [-0.15, -0.1) is 0 Å². The number of nitrogens with zero attached hydrogens (tertiary/aromatic N) is 2. The Morgan fingerprint density at radius 1 is 0.895 bits per heavy atom. The molecular formula is C29H23ClF4N4. The summed E-state index contributed by atoms with van der Waals surface area (Å²) in [5.41, 5.74) is 2.16. The molecule has 5 rings (SSSR count). The second-order valence-electron chi connectivity index (χ2n) is 9.32. The fourth-order valence-corrected chi connectivity index (χ4v) is 4.69. The Labute approximate surface area is 221 Å². The second kappa shape index (κ2) is 9.76. The number of fused-ring (bicyclic) bond motifs is 1. The van der Waals surface area contributed by atoms with Gasteiger partial charge in [-0.05, 0) is 78.6 Å². The van der Waals surface area contributed by atoms with Crippen LogP contribution >= 0.6 is 11.6 Å². The minimum atomic E-state index is -4.75. The Kier molecular flexibility index (Phi) is 6.61. The standard InChI is InChI=1S/C29H23ClF4N4/c1-17-10-24-25(11-18(17)2)37-27(36-24)38-28(15-19-6-4-3-5-7-19,26-9-8-22(30)16-35-26)20-12-21(29(32,33)34)14-23(31)13-20/h3-14,16H,15H2,1-2H3,(H2,36,37,38). The average Bonchev–Trinajstić information content (AvgIpc) is 3.24. The third-order valence-electron chi connectivity index (χ3n) is 6.62. The van der Waals surface area contributed by atoms with Crippen LogP contribution in [-0.2, 0) is 18.1 Å². The Balaban J connectivity index is 1.78. The van der Waals surface area contributed by atoms with Gasteiger partial charge in [0.25, 0.3) is 0 Å². The molecule has 0 fully saturated rings. The SMILES string of the molecule is Cc1cc2nc(NC(Cc3ccccc3)(c3cc(F)cc(C(F)(F)F)c3)c3ccc(Cl)cn3)[nH]c2cc1C. The van der Waals surface area contributed by atoms with E-state index in [4.69, 9.17) is 11.6 Å². The Morgan fingerprint density at radius 2 is 1.61 bits per heavy atom. The molecule has 9 heteroatoms. The highest BCUT2D eigenvalue weighted by atomic mass is 35.5. The zero-order valence-electron chi connectivity index (χ0n) is 20.5. The van der Waals surface area contributed by atoms with Gasteiger partial charge in [0.15, 0.2) is 0 Å². The molecule has 0 saturated heterocycles. The van der Waals surface area contributed by atoms with E-state index in [1.165, 1.54) is 6.20 Å². The first-order valence-corrected chi connectivity index (χ1v) is 12.2. The van der Waals surface area contributed by atoms with Crippen LogP contribution in [0.1, 0.15) is 33.5 Å². The Morgan fingerprint density at radius 3 is 2.29 bits per heavy atom. The van der Waals surface area contributed by atoms with Crippen LogP contribution in [0.3, 0.4) is 0 Å². The van der Waals surface area contributed by atoms with E-state index in [-0.39, 0.29) is 12.0 Å². The van der Waals surface area contributed by atoms with Crippen molar-refractivity contribution in [2.75, 3.05) is 5.32 Å². The van der Waals surface area contributed by atoms with Crippen LogP contribution in [0.25, 0.3) is 11.0 Å². The minimum Gasteiger partial charge on any atom is -0.340 e. The number of H-pyrrole nitrogens is 1. The lowest BCUT2D eigenvalue weighted by Gasteiger charge is -2.35. The normalized spacial score (nSPS) is 13.4. The number of benzene rings is 3. The number of anilines is 1. The topological polar surface area (TPSA) is 53.6 Å². The van der Waals surface area contributed by atoms with Gasteiger partial charge in [0.1, 0.15) is 11.4 Å². The third-order valence-corrected chi connectivity index (χ3v) is 6.85. The highest BCUT2D eigenvalue weighted by molar-refractivity contribution is 6.30. The average molecular weight is 539 g/mol.